The number of hydrogen-bond donors (Lipinski definition) is 0. The lowest BCUT2D eigenvalue weighted by Gasteiger charge is -2.19. The first kappa shape index (κ1) is 20.0. The van der Waals surface area contributed by atoms with E-state index >= 15 is 0 Å². The third kappa shape index (κ3) is 4.28. The van der Waals surface area contributed by atoms with Crippen LogP contribution in [0.4, 0.5) is 0 Å². The van der Waals surface area contributed by atoms with Crippen molar-refractivity contribution in [2.45, 2.75) is 48.0 Å². The zero-order chi connectivity index (χ0) is 23.2. The highest BCUT2D eigenvalue weighted by molar-refractivity contribution is 5.95. The highest BCUT2D eigenvalue weighted by atomic mass is 14.9. The number of rotatable bonds is 3. The fraction of sp³-hybridized carbons (Fsp3) is 0.300. The molecule has 0 saturated heterocycles. The molecule has 4 rings (SSSR count). The summed E-state index contributed by atoms with van der Waals surface area (Å²) in [5.74, 6) is 0. The number of pyridine rings is 1. The number of hydrogen-bond acceptors (Lipinski definition) is 0. The number of aromatic nitrogens is 1. The van der Waals surface area contributed by atoms with E-state index in [-0.39, 0.29) is 5.41 Å². The van der Waals surface area contributed by atoms with Crippen molar-refractivity contribution in [3.8, 4) is 22.4 Å². The van der Waals surface area contributed by atoms with Crippen LogP contribution in [-0.2, 0) is 13.5 Å². The largest absolute Gasteiger partial charge is 0.220 e. The summed E-state index contributed by atoms with van der Waals surface area (Å²) in [6.45, 7) is 13.3. The van der Waals surface area contributed by atoms with E-state index in [1.165, 1.54) is 39.1 Å². The van der Waals surface area contributed by atoms with Gasteiger partial charge in [-0.25, -0.2) is 0 Å². The van der Waals surface area contributed by atoms with Gasteiger partial charge in [-0.05, 0) is 71.0 Å². The SMILES string of the molecule is [2H]c1c(C)[n+](C)c(-c2cc(-c3ccccc3)cc(C)c2C)c2ccc(CC(C)(C)C)cc12. The van der Waals surface area contributed by atoms with Crippen LogP contribution in [0.3, 0.4) is 0 Å². The van der Waals surface area contributed by atoms with E-state index < -0.39 is 0 Å². The van der Waals surface area contributed by atoms with E-state index in [9.17, 15) is 0 Å². The van der Waals surface area contributed by atoms with Gasteiger partial charge in [-0.15, -0.1) is 0 Å². The molecule has 0 aliphatic rings. The van der Waals surface area contributed by atoms with Crippen molar-refractivity contribution in [2.24, 2.45) is 12.5 Å². The van der Waals surface area contributed by atoms with Crippen LogP contribution in [0, 0.1) is 26.2 Å². The molecule has 1 nitrogen and oxygen atoms in total. The number of nitrogens with zero attached hydrogens (tertiary/aromatic N) is 1. The van der Waals surface area contributed by atoms with Crippen molar-refractivity contribution < 1.29 is 5.94 Å². The van der Waals surface area contributed by atoms with Crippen LogP contribution in [0.2, 0.25) is 0 Å². The Balaban J connectivity index is 2.02. The number of benzene rings is 3. The first-order valence-electron chi connectivity index (χ1n) is 11.7. The van der Waals surface area contributed by atoms with Gasteiger partial charge in [0.1, 0.15) is 7.05 Å². The topological polar surface area (TPSA) is 3.88 Å². The Kier molecular flexibility index (Phi) is 5.14. The van der Waals surface area contributed by atoms with Crippen LogP contribution in [0.25, 0.3) is 33.2 Å². The first-order valence-corrected chi connectivity index (χ1v) is 11.2. The zero-order valence-corrected chi connectivity index (χ0v) is 19.9. The second-order valence-corrected chi connectivity index (χ2v) is 10.1. The summed E-state index contributed by atoms with van der Waals surface area (Å²) in [6.07, 6.45) is 0.999. The lowest BCUT2D eigenvalue weighted by Crippen LogP contribution is -2.35. The smallest absolute Gasteiger partial charge is 0.198 e. The van der Waals surface area contributed by atoms with Gasteiger partial charge >= 0.3 is 0 Å². The van der Waals surface area contributed by atoms with Crippen LogP contribution in [-0.4, -0.2) is 0 Å². The van der Waals surface area contributed by atoms with E-state index in [1.807, 2.05) is 0 Å². The van der Waals surface area contributed by atoms with Gasteiger partial charge in [0.05, 0.1) is 12.3 Å². The predicted molar refractivity (Wildman–Crippen MR) is 133 cm³/mol. The molecule has 0 radical (unpaired) electrons. The Hall–Kier alpha value is -2.93. The highest BCUT2D eigenvalue weighted by Gasteiger charge is 2.22. The minimum atomic E-state index is 0.213. The minimum Gasteiger partial charge on any atom is -0.198 e. The zero-order valence-electron chi connectivity index (χ0n) is 20.9. The summed E-state index contributed by atoms with van der Waals surface area (Å²) in [5, 5.41) is 2.19. The second-order valence-electron chi connectivity index (χ2n) is 10.1. The summed E-state index contributed by atoms with van der Waals surface area (Å²) in [5.41, 5.74) is 9.96. The molecule has 158 valence electrons. The van der Waals surface area contributed by atoms with Crippen LogP contribution in [0.1, 0.15) is 44.5 Å². The Morgan fingerprint density at radius 2 is 1.58 bits per heavy atom. The molecule has 1 aromatic heterocycles. The maximum absolute atomic E-state index is 8.87. The maximum atomic E-state index is 8.87. The molecule has 4 aromatic rings. The normalized spacial score (nSPS) is 12.3. The first-order chi connectivity index (χ1) is 15.1. The molecule has 3 aromatic carbocycles. The lowest BCUT2D eigenvalue weighted by atomic mass is 9.86. The molecule has 0 amide bonds. The molecule has 0 aliphatic heterocycles. The van der Waals surface area contributed by atoms with Crippen molar-refractivity contribution >= 4 is 10.8 Å². The van der Waals surface area contributed by atoms with Crippen LogP contribution in [0.15, 0.2) is 66.7 Å². The second kappa shape index (κ2) is 7.96. The Bertz CT molecular complexity index is 1310. The summed E-state index contributed by atoms with van der Waals surface area (Å²) in [4.78, 5) is 0. The van der Waals surface area contributed by atoms with Crippen LogP contribution < -0.4 is 4.57 Å². The van der Waals surface area contributed by atoms with E-state index in [1.54, 1.807) is 0 Å². The highest BCUT2D eigenvalue weighted by Crippen LogP contribution is 2.35. The average molecular weight is 410 g/mol. The van der Waals surface area contributed by atoms with Crippen LogP contribution >= 0.6 is 0 Å². The van der Waals surface area contributed by atoms with Gasteiger partial charge in [0.2, 0.25) is 5.69 Å². The maximum Gasteiger partial charge on any atom is 0.220 e. The number of aryl methyl sites for hydroxylation is 1. The average Bonchev–Trinajstić information content (AvgIpc) is 2.75. The monoisotopic (exact) mass is 409 g/mol. The van der Waals surface area contributed by atoms with Gasteiger partial charge in [-0.2, -0.15) is 4.57 Å². The van der Waals surface area contributed by atoms with Crippen LogP contribution in [0.5, 0.6) is 0 Å². The molecule has 0 N–H and O–H groups in total. The van der Waals surface area contributed by atoms with Gasteiger partial charge in [0.25, 0.3) is 0 Å². The summed E-state index contributed by atoms with van der Waals surface area (Å²) in [7, 11) is 2.09. The van der Waals surface area contributed by atoms with Crippen molar-refractivity contribution in [3.63, 3.8) is 0 Å². The van der Waals surface area contributed by atoms with Crippen molar-refractivity contribution in [1.82, 2.24) is 0 Å². The molecule has 0 atom stereocenters. The standard InChI is InChI=1S/C30H34N/c1-20-15-25(24-11-9-8-10-12-24)18-28(22(20)3)29-27-14-13-23(19-30(4,5)6)17-26(27)16-21(2)31(29)7/h8-18H,19H2,1-7H3/q+1/i16D. The third-order valence-corrected chi connectivity index (χ3v) is 6.26. The van der Waals surface area contributed by atoms with Gasteiger partial charge in [-0.3, -0.25) is 0 Å². The van der Waals surface area contributed by atoms with Gasteiger partial charge in [0, 0.05) is 13.0 Å². The van der Waals surface area contributed by atoms with Crippen molar-refractivity contribution in [3.05, 3.63) is 89.1 Å². The minimum absolute atomic E-state index is 0.213. The molecular formula is C30H34N+. The quantitative estimate of drug-likeness (QED) is 0.308. The van der Waals surface area contributed by atoms with E-state index in [0.29, 0.717) is 6.04 Å². The molecule has 0 saturated carbocycles. The van der Waals surface area contributed by atoms with E-state index in [0.717, 1.165) is 22.9 Å². The van der Waals surface area contributed by atoms with Gasteiger partial charge in [-0.1, -0.05) is 69.3 Å². The molecule has 0 unspecified atom stereocenters. The van der Waals surface area contributed by atoms with Gasteiger partial charge < -0.3 is 0 Å². The molecule has 0 aliphatic carbocycles. The fourth-order valence-corrected chi connectivity index (χ4v) is 4.48. The van der Waals surface area contributed by atoms with Crippen molar-refractivity contribution in [1.29, 1.82) is 0 Å². The van der Waals surface area contributed by atoms with Gasteiger partial charge in [0.15, 0.2) is 5.69 Å². The molecule has 1 heteroatoms. The molecular weight excluding hydrogens is 374 g/mol. The Labute approximate surface area is 188 Å². The predicted octanol–water partition coefficient (Wildman–Crippen LogP) is 7.51. The Morgan fingerprint density at radius 1 is 0.871 bits per heavy atom. The Morgan fingerprint density at radius 3 is 2.26 bits per heavy atom. The summed E-state index contributed by atoms with van der Waals surface area (Å²) < 4.78 is 11.1. The molecule has 1 heterocycles. The van der Waals surface area contributed by atoms with Crippen molar-refractivity contribution in [2.75, 3.05) is 0 Å². The molecule has 0 bridgehead atoms. The molecule has 31 heavy (non-hydrogen) atoms. The summed E-state index contributed by atoms with van der Waals surface area (Å²) >= 11 is 0. The van der Waals surface area contributed by atoms with E-state index in [4.69, 9.17) is 1.37 Å². The fourth-order valence-electron chi connectivity index (χ4n) is 4.48. The molecule has 0 spiro atoms. The lowest BCUT2D eigenvalue weighted by molar-refractivity contribution is -0.665. The molecule has 0 fully saturated rings. The van der Waals surface area contributed by atoms with E-state index in [2.05, 4.69) is 114 Å². The third-order valence-electron chi connectivity index (χ3n) is 6.26. The number of fused-ring (bicyclic) bond motifs is 1. The summed E-state index contributed by atoms with van der Waals surface area (Å²) in [6, 6.07) is 22.5.